The number of nitrogens with one attached hydrogen (secondary N) is 2. The van der Waals surface area contributed by atoms with Crippen molar-refractivity contribution in [2.24, 2.45) is 5.92 Å². The molecule has 6 rings (SSSR count). The van der Waals surface area contributed by atoms with Gasteiger partial charge in [0.05, 0.1) is 18.4 Å². The predicted molar refractivity (Wildman–Crippen MR) is 160 cm³/mol. The van der Waals surface area contributed by atoms with Crippen LogP contribution < -0.4 is 15.0 Å². The molecule has 0 bridgehead atoms. The van der Waals surface area contributed by atoms with Crippen molar-refractivity contribution >= 4 is 40.4 Å². The van der Waals surface area contributed by atoms with Gasteiger partial charge in [-0.15, -0.1) is 0 Å². The highest BCUT2D eigenvalue weighted by Crippen LogP contribution is 2.45. The number of carbonyl (C=O) groups excluding carboxylic acids is 3. The normalized spacial score (nSPS) is 18.5. The standard InChI is InChI=1S/C33H32N4O6/c1-18(2)15-25(32(40)41)35-30(38)22-12-5-7-14-26(22)37-31(39)27-17-23-21-11-4-6-13-24(21)34-28(23)29(36(27)33(37)42)19-9-8-10-20(16-19)43-3/h4-14,16,18,25,27,29,34H,15,17H2,1-3H3,(H,35,38)(H,40,41)/t25-,27+,29-/m1/s1. The molecular formula is C33H32N4O6. The van der Waals surface area contributed by atoms with Crippen LogP contribution in [0.25, 0.3) is 10.9 Å². The number of urea groups is 1. The summed E-state index contributed by atoms with van der Waals surface area (Å²) in [6.45, 7) is 3.73. The van der Waals surface area contributed by atoms with Gasteiger partial charge in [0.1, 0.15) is 23.9 Å². The van der Waals surface area contributed by atoms with E-state index in [0.717, 1.165) is 32.6 Å². The number of hydrogen-bond acceptors (Lipinski definition) is 5. The monoisotopic (exact) mass is 580 g/mol. The number of carboxylic acid groups (broad SMARTS) is 1. The molecule has 0 aliphatic carbocycles. The Labute approximate surface area is 248 Å². The summed E-state index contributed by atoms with van der Waals surface area (Å²) in [6, 6.07) is 18.4. The molecule has 1 fully saturated rings. The maximum atomic E-state index is 14.3. The lowest BCUT2D eigenvalue weighted by molar-refractivity contribution is -0.139. The number of aromatic nitrogens is 1. The molecule has 2 aliphatic rings. The van der Waals surface area contributed by atoms with E-state index >= 15 is 0 Å². The molecule has 4 amide bonds. The van der Waals surface area contributed by atoms with Crippen LogP contribution in [0.4, 0.5) is 10.5 Å². The first-order chi connectivity index (χ1) is 20.7. The Morgan fingerprint density at radius 1 is 1.05 bits per heavy atom. The van der Waals surface area contributed by atoms with Gasteiger partial charge in [0.2, 0.25) is 0 Å². The number of fused-ring (bicyclic) bond motifs is 4. The number of amides is 4. The van der Waals surface area contributed by atoms with Gasteiger partial charge < -0.3 is 20.1 Å². The summed E-state index contributed by atoms with van der Waals surface area (Å²) in [6.07, 6.45) is 0.527. The number of rotatable bonds is 8. The lowest BCUT2D eigenvalue weighted by Crippen LogP contribution is -2.44. The summed E-state index contributed by atoms with van der Waals surface area (Å²) in [4.78, 5) is 59.9. The molecule has 0 unspecified atom stereocenters. The highest BCUT2D eigenvalue weighted by atomic mass is 16.5. The molecule has 0 saturated carbocycles. The average molecular weight is 581 g/mol. The van der Waals surface area contributed by atoms with E-state index in [2.05, 4.69) is 10.3 Å². The van der Waals surface area contributed by atoms with E-state index in [9.17, 15) is 24.3 Å². The number of imide groups is 1. The molecule has 3 N–H and O–H groups in total. The fourth-order valence-corrected chi connectivity index (χ4v) is 6.24. The fraction of sp³-hybridized carbons (Fsp3) is 0.273. The van der Waals surface area contributed by atoms with Gasteiger partial charge >= 0.3 is 12.0 Å². The third-order valence-electron chi connectivity index (χ3n) is 8.16. The summed E-state index contributed by atoms with van der Waals surface area (Å²) in [7, 11) is 1.57. The van der Waals surface area contributed by atoms with Gasteiger partial charge in [0, 0.05) is 23.0 Å². The van der Waals surface area contributed by atoms with E-state index in [4.69, 9.17) is 4.74 Å². The smallest absolute Gasteiger partial charge is 0.332 e. The zero-order chi connectivity index (χ0) is 30.4. The number of nitrogens with zero attached hydrogens (tertiary/aromatic N) is 2. The van der Waals surface area contributed by atoms with Crippen LogP contribution in [0.5, 0.6) is 5.75 Å². The van der Waals surface area contributed by atoms with E-state index in [0.29, 0.717) is 12.2 Å². The van der Waals surface area contributed by atoms with Crippen molar-refractivity contribution in [1.82, 2.24) is 15.2 Å². The van der Waals surface area contributed by atoms with Crippen molar-refractivity contribution in [3.05, 3.63) is 95.2 Å². The Kier molecular flexibility index (Phi) is 7.13. The zero-order valence-electron chi connectivity index (χ0n) is 24.0. The van der Waals surface area contributed by atoms with E-state index in [-0.39, 0.29) is 23.6 Å². The second-order valence-electron chi connectivity index (χ2n) is 11.3. The molecule has 43 heavy (non-hydrogen) atoms. The van der Waals surface area contributed by atoms with E-state index < -0.39 is 41.9 Å². The Bertz CT molecular complexity index is 1760. The fourth-order valence-electron chi connectivity index (χ4n) is 6.24. The Balaban J connectivity index is 1.43. The van der Waals surface area contributed by atoms with Crippen molar-refractivity contribution in [2.75, 3.05) is 12.0 Å². The zero-order valence-corrected chi connectivity index (χ0v) is 24.0. The van der Waals surface area contributed by atoms with E-state index in [1.165, 1.54) is 12.1 Å². The topological polar surface area (TPSA) is 132 Å². The minimum absolute atomic E-state index is 0.0241. The van der Waals surface area contributed by atoms with Crippen molar-refractivity contribution < 1.29 is 29.0 Å². The predicted octanol–water partition coefficient (Wildman–Crippen LogP) is 4.89. The molecule has 1 aromatic heterocycles. The molecule has 4 aromatic rings. The largest absolute Gasteiger partial charge is 0.497 e. The number of carboxylic acids is 1. The first-order valence-electron chi connectivity index (χ1n) is 14.2. The van der Waals surface area contributed by atoms with Crippen molar-refractivity contribution in [3.8, 4) is 5.75 Å². The lowest BCUT2D eigenvalue weighted by atomic mass is 9.89. The van der Waals surface area contributed by atoms with Crippen molar-refractivity contribution in [1.29, 1.82) is 0 Å². The Hall–Kier alpha value is -5.12. The van der Waals surface area contributed by atoms with Gasteiger partial charge in [-0.1, -0.05) is 56.3 Å². The number of aliphatic carboxylic acids is 1. The SMILES string of the molecule is COc1cccc([C@@H]2c3[nH]c4ccccc4c3C[C@H]3C(=O)N(c4ccccc4C(=O)N[C@H](CC(C)C)C(=O)O)C(=O)N23)c1. The third kappa shape index (κ3) is 4.78. The molecule has 3 aromatic carbocycles. The minimum atomic E-state index is -1.15. The van der Waals surface area contributed by atoms with Gasteiger partial charge in [-0.05, 0) is 53.8 Å². The molecule has 2 aliphatic heterocycles. The Morgan fingerprint density at radius 3 is 2.53 bits per heavy atom. The number of methoxy groups -OCH3 is 1. The van der Waals surface area contributed by atoms with Crippen LogP contribution >= 0.6 is 0 Å². The van der Waals surface area contributed by atoms with Crippen molar-refractivity contribution in [3.63, 3.8) is 0 Å². The lowest BCUT2D eigenvalue weighted by Gasteiger charge is -2.36. The number of H-pyrrole nitrogens is 1. The van der Waals surface area contributed by atoms with Gasteiger partial charge in [0.15, 0.2) is 0 Å². The number of anilines is 1. The van der Waals surface area contributed by atoms with Crippen LogP contribution in [0.3, 0.4) is 0 Å². The van der Waals surface area contributed by atoms with Crippen molar-refractivity contribution in [2.45, 2.75) is 44.8 Å². The minimum Gasteiger partial charge on any atom is -0.497 e. The van der Waals surface area contributed by atoms with Gasteiger partial charge in [-0.3, -0.25) is 14.5 Å². The summed E-state index contributed by atoms with van der Waals surface area (Å²) < 4.78 is 5.48. The summed E-state index contributed by atoms with van der Waals surface area (Å²) in [5.41, 5.74) is 3.60. The van der Waals surface area contributed by atoms with Crippen LogP contribution in [0.2, 0.25) is 0 Å². The second-order valence-corrected chi connectivity index (χ2v) is 11.3. The number of carbonyl (C=O) groups is 4. The maximum Gasteiger partial charge on any atom is 0.332 e. The highest BCUT2D eigenvalue weighted by Gasteiger charge is 2.53. The number of para-hydroxylation sites is 2. The molecule has 10 nitrogen and oxygen atoms in total. The molecule has 0 radical (unpaired) electrons. The van der Waals surface area contributed by atoms with Crippen LogP contribution in [-0.2, 0) is 16.0 Å². The molecular weight excluding hydrogens is 548 g/mol. The molecule has 0 spiro atoms. The first-order valence-corrected chi connectivity index (χ1v) is 14.2. The number of benzene rings is 3. The van der Waals surface area contributed by atoms with E-state index in [1.807, 2.05) is 62.4 Å². The number of ether oxygens (including phenoxy) is 1. The molecule has 10 heteroatoms. The number of hydrogen-bond donors (Lipinski definition) is 3. The molecule has 3 heterocycles. The van der Waals surface area contributed by atoms with Crippen LogP contribution in [0.1, 0.15) is 53.5 Å². The highest BCUT2D eigenvalue weighted by molar-refractivity contribution is 6.24. The Morgan fingerprint density at radius 2 is 1.79 bits per heavy atom. The molecule has 220 valence electrons. The summed E-state index contributed by atoms with van der Waals surface area (Å²) in [5.74, 6) is -1.64. The number of aromatic amines is 1. The summed E-state index contributed by atoms with van der Waals surface area (Å²) in [5, 5.41) is 13.2. The maximum absolute atomic E-state index is 14.3. The molecule has 3 atom stereocenters. The van der Waals surface area contributed by atoms with Gasteiger partial charge in [-0.25, -0.2) is 14.5 Å². The third-order valence-corrected chi connectivity index (χ3v) is 8.16. The average Bonchev–Trinajstić information content (AvgIpc) is 3.49. The second kappa shape index (κ2) is 10.9. The quantitative estimate of drug-likeness (QED) is 0.254. The van der Waals surface area contributed by atoms with Crippen LogP contribution in [-0.4, -0.2) is 58.0 Å². The molecule has 1 saturated heterocycles. The summed E-state index contributed by atoms with van der Waals surface area (Å²) >= 11 is 0. The van der Waals surface area contributed by atoms with Gasteiger partial charge in [-0.2, -0.15) is 0 Å². The van der Waals surface area contributed by atoms with Crippen LogP contribution in [0, 0.1) is 5.92 Å². The van der Waals surface area contributed by atoms with Crippen LogP contribution in [0.15, 0.2) is 72.8 Å². The van der Waals surface area contributed by atoms with Gasteiger partial charge in [0.25, 0.3) is 11.8 Å². The van der Waals surface area contributed by atoms with E-state index in [1.54, 1.807) is 24.1 Å². The first kappa shape index (κ1) is 28.0.